The predicted molar refractivity (Wildman–Crippen MR) is 46.4 cm³/mol. The van der Waals surface area contributed by atoms with Crippen molar-refractivity contribution in [3.05, 3.63) is 0 Å². The first-order chi connectivity index (χ1) is 6.72. The van der Waals surface area contributed by atoms with Gasteiger partial charge in [0.25, 0.3) is 6.47 Å². The molecule has 1 unspecified atom stereocenters. The molecule has 0 amide bonds. The van der Waals surface area contributed by atoms with Crippen molar-refractivity contribution in [2.45, 2.75) is 45.0 Å². The van der Waals surface area contributed by atoms with Gasteiger partial charge in [-0.1, -0.05) is 0 Å². The molecule has 1 rings (SSSR count). The highest BCUT2D eigenvalue weighted by Gasteiger charge is 2.21. The number of carbonyl (C=O) groups is 2. The maximum atomic E-state index is 11.0. The highest BCUT2D eigenvalue weighted by Crippen LogP contribution is 2.21. The van der Waals surface area contributed by atoms with Crippen molar-refractivity contribution in [2.75, 3.05) is 0 Å². The van der Waals surface area contributed by atoms with E-state index in [-0.39, 0.29) is 12.6 Å². The van der Waals surface area contributed by atoms with E-state index in [0.29, 0.717) is 0 Å². The molecule has 0 aromatic carbocycles. The molecule has 0 saturated heterocycles. The van der Waals surface area contributed by atoms with Crippen molar-refractivity contribution < 1.29 is 23.8 Å². The molecule has 1 saturated carbocycles. The minimum Gasteiger partial charge on any atom is -0.431 e. The Morgan fingerprint density at radius 3 is 2.64 bits per heavy atom. The Kier molecular flexibility index (Phi) is 4.22. The van der Waals surface area contributed by atoms with Crippen LogP contribution in [-0.4, -0.2) is 25.0 Å². The van der Waals surface area contributed by atoms with Gasteiger partial charge in [0.2, 0.25) is 6.29 Å². The fourth-order valence-electron chi connectivity index (χ4n) is 1.41. The summed E-state index contributed by atoms with van der Waals surface area (Å²) in [5.74, 6) is 0. The van der Waals surface area contributed by atoms with E-state index in [0.717, 1.165) is 25.7 Å². The summed E-state index contributed by atoms with van der Waals surface area (Å²) in [6.07, 6.45) is 2.24. The van der Waals surface area contributed by atoms with Crippen LogP contribution < -0.4 is 0 Å². The second-order valence-electron chi connectivity index (χ2n) is 3.19. The lowest BCUT2D eigenvalue weighted by atomic mass is 10.3. The summed E-state index contributed by atoms with van der Waals surface area (Å²) in [6, 6.07) is 0. The van der Waals surface area contributed by atoms with Gasteiger partial charge in [-0.15, -0.1) is 0 Å². The molecule has 5 nitrogen and oxygen atoms in total. The van der Waals surface area contributed by atoms with Crippen LogP contribution in [0.15, 0.2) is 0 Å². The second-order valence-corrected chi connectivity index (χ2v) is 3.19. The maximum Gasteiger partial charge on any atom is 0.511 e. The van der Waals surface area contributed by atoms with Gasteiger partial charge in [0.1, 0.15) is 6.10 Å². The lowest BCUT2D eigenvalue weighted by molar-refractivity contribution is -0.153. The quantitative estimate of drug-likeness (QED) is 0.393. The molecule has 0 aromatic rings. The smallest absolute Gasteiger partial charge is 0.431 e. The zero-order chi connectivity index (χ0) is 10.4. The van der Waals surface area contributed by atoms with Gasteiger partial charge in [-0.3, -0.25) is 4.79 Å². The molecule has 0 N–H and O–H groups in total. The Morgan fingerprint density at radius 2 is 2.07 bits per heavy atom. The molecule has 1 aliphatic rings. The molecule has 0 bridgehead atoms. The summed E-state index contributed by atoms with van der Waals surface area (Å²) in [7, 11) is 0. The number of carbonyl (C=O) groups excluding carboxylic acids is 2. The summed E-state index contributed by atoms with van der Waals surface area (Å²) in [6.45, 7) is 1.68. The lowest BCUT2D eigenvalue weighted by Crippen LogP contribution is -2.22. The average molecular weight is 202 g/mol. The van der Waals surface area contributed by atoms with Gasteiger partial charge in [-0.25, -0.2) is 4.79 Å². The Labute approximate surface area is 82.3 Å². The molecular weight excluding hydrogens is 188 g/mol. The van der Waals surface area contributed by atoms with Crippen LogP contribution in [0.25, 0.3) is 0 Å². The minimum absolute atomic E-state index is 0.0362. The van der Waals surface area contributed by atoms with Crippen LogP contribution in [0.5, 0.6) is 0 Å². The van der Waals surface area contributed by atoms with Crippen LogP contribution in [0, 0.1) is 0 Å². The Balaban J connectivity index is 2.17. The number of hydrogen-bond acceptors (Lipinski definition) is 5. The summed E-state index contributed by atoms with van der Waals surface area (Å²) < 4.78 is 14.0. The van der Waals surface area contributed by atoms with E-state index in [1.807, 2.05) is 0 Å². The molecule has 0 radical (unpaired) electrons. The van der Waals surface area contributed by atoms with Crippen molar-refractivity contribution in [2.24, 2.45) is 0 Å². The first-order valence-electron chi connectivity index (χ1n) is 4.68. The molecular formula is C9H14O5. The predicted octanol–water partition coefficient (Wildman–Crippen LogP) is 1.60. The van der Waals surface area contributed by atoms with Crippen molar-refractivity contribution in [1.29, 1.82) is 0 Å². The monoisotopic (exact) mass is 202 g/mol. The highest BCUT2D eigenvalue weighted by atomic mass is 16.8. The molecule has 1 aliphatic carbocycles. The zero-order valence-corrected chi connectivity index (χ0v) is 8.10. The molecule has 0 aromatic heterocycles. The summed E-state index contributed by atoms with van der Waals surface area (Å²) in [5.41, 5.74) is 0. The zero-order valence-electron chi connectivity index (χ0n) is 8.10. The first kappa shape index (κ1) is 10.8. The third kappa shape index (κ3) is 3.64. The van der Waals surface area contributed by atoms with Crippen molar-refractivity contribution >= 4 is 12.6 Å². The third-order valence-corrected chi connectivity index (χ3v) is 2.07. The molecule has 0 spiro atoms. The van der Waals surface area contributed by atoms with Gasteiger partial charge in [-0.05, 0) is 25.7 Å². The Morgan fingerprint density at radius 1 is 1.43 bits per heavy atom. The standard InChI is InChI=1S/C9H14O5/c1-7(12-6-10)13-9(11)14-8-4-2-3-5-8/h6-8H,2-5H2,1H3. The number of rotatable bonds is 4. The third-order valence-electron chi connectivity index (χ3n) is 2.07. The average Bonchev–Trinajstić information content (AvgIpc) is 2.56. The second kappa shape index (κ2) is 5.47. The first-order valence-corrected chi connectivity index (χ1v) is 4.68. The van der Waals surface area contributed by atoms with E-state index in [1.54, 1.807) is 0 Å². The molecule has 0 heterocycles. The minimum atomic E-state index is -0.888. The van der Waals surface area contributed by atoms with Crippen molar-refractivity contribution in [3.63, 3.8) is 0 Å². The van der Waals surface area contributed by atoms with E-state index in [4.69, 9.17) is 4.74 Å². The van der Waals surface area contributed by atoms with Crippen LogP contribution in [0.4, 0.5) is 4.79 Å². The lowest BCUT2D eigenvalue weighted by Gasteiger charge is -2.14. The SMILES string of the molecule is CC(OC=O)OC(=O)OC1CCCC1. The van der Waals surface area contributed by atoms with E-state index in [1.165, 1.54) is 6.92 Å². The molecule has 1 atom stereocenters. The molecule has 5 heteroatoms. The van der Waals surface area contributed by atoms with E-state index in [9.17, 15) is 9.59 Å². The fraction of sp³-hybridized carbons (Fsp3) is 0.778. The molecule has 0 aliphatic heterocycles. The van der Waals surface area contributed by atoms with E-state index >= 15 is 0 Å². The molecule has 14 heavy (non-hydrogen) atoms. The van der Waals surface area contributed by atoms with Crippen LogP contribution in [-0.2, 0) is 19.0 Å². The number of ether oxygens (including phenoxy) is 3. The van der Waals surface area contributed by atoms with Gasteiger partial charge in [0.15, 0.2) is 0 Å². The highest BCUT2D eigenvalue weighted by molar-refractivity contribution is 5.60. The summed E-state index contributed by atoms with van der Waals surface area (Å²) in [5, 5.41) is 0. The summed E-state index contributed by atoms with van der Waals surface area (Å²) >= 11 is 0. The Bertz CT molecular complexity index is 197. The van der Waals surface area contributed by atoms with Crippen molar-refractivity contribution in [3.8, 4) is 0 Å². The van der Waals surface area contributed by atoms with Gasteiger partial charge in [0.05, 0.1) is 0 Å². The van der Waals surface area contributed by atoms with Gasteiger partial charge < -0.3 is 14.2 Å². The van der Waals surface area contributed by atoms with Gasteiger partial charge in [-0.2, -0.15) is 0 Å². The van der Waals surface area contributed by atoms with Crippen LogP contribution in [0.2, 0.25) is 0 Å². The van der Waals surface area contributed by atoms with Gasteiger partial charge in [0, 0.05) is 6.92 Å². The Hall–Kier alpha value is -1.26. The largest absolute Gasteiger partial charge is 0.511 e. The maximum absolute atomic E-state index is 11.0. The van der Waals surface area contributed by atoms with Crippen LogP contribution >= 0.6 is 0 Å². The van der Waals surface area contributed by atoms with E-state index in [2.05, 4.69) is 9.47 Å². The van der Waals surface area contributed by atoms with Gasteiger partial charge >= 0.3 is 6.16 Å². The van der Waals surface area contributed by atoms with Crippen LogP contribution in [0.3, 0.4) is 0 Å². The molecule has 80 valence electrons. The van der Waals surface area contributed by atoms with Crippen LogP contribution in [0.1, 0.15) is 32.6 Å². The normalized spacial score (nSPS) is 18.6. The number of hydrogen-bond donors (Lipinski definition) is 0. The summed E-state index contributed by atoms with van der Waals surface area (Å²) in [4.78, 5) is 20.9. The fourth-order valence-corrected chi connectivity index (χ4v) is 1.41. The van der Waals surface area contributed by atoms with E-state index < -0.39 is 12.4 Å². The molecule has 1 fully saturated rings. The van der Waals surface area contributed by atoms with Crippen molar-refractivity contribution in [1.82, 2.24) is 0 Å². The topological polar surface area (TPSA) is 61.8 Å².